The molecule has 29 heavy (non-hydrogen) atoms. The van der Waals surface area contributed by atoms with Crippen molar-refractivity contribution in [1.29, 1.82) is 0 Å². The number of sulfonamides is 1. The van der Waals surface area contributed by atoms with E-state index < -0.39 is 10.0 Å². The van der Waals surface area contributed by atoms with Gasteiger partial charge in [0.15, 0.2) is 6.61 Å². The maximum absolute atomic E-state index is 13.1. The molecular formula is C18H17ClN4O5S. The number of benzene rings is 1. The summed E-state index contributed by atoms with van der Waals surface area (Å²) in [6.45, 7) is 0.549. The number of hydrogen-bond donors (Lipinski definition) is 1. The zero-order valence-corrected chi connectivity index (χ0v) is 16.7. The zero-order valence-electron chi connectivity index (χ0n) is 15.2. The van der Waals surface area contributed by atoms with Gasteiger partial charge in [-0.25, -0.2) is 8.42 Å². The third kappa shape index (κ3) is 3.78. The average molecular weight is 437 g/mol. The van der Waals surface area contributed by atoms with E-state index in [-0.39, 0.29) is 60.3 Å². The Labute approximate surface area is 172 Å². The Bertz CT molecular complexity index is 1070. The molecule has 2 aromatic rings. The molecule has 0 spiro atoms. The summed E-state index contributed by atoms with van der Waals surface area (Å²) in [6.07, 6.45) is 1.54. The largest absolute Gasteiger partial charge is 0.482 e. The van der Waals surface area contributed by atoms with Gasteiger partial charge in [0.05, 0.1) is 10.7 Å². The zero-order chi connectivity index (χ0) is 20.6. The fraction of sp³-hybridized carbons (Fsp3) is 0.278. The quantitative estimate of drug-likeness (QED) is 0.774. The lowest BCUT2D eigenvalue weighted by Crippen LogP contribution is -2.50. The number of carbonyl (C=O) groups is 2. The standard InChI is InChI=1S/C18H17ClN4O5S/c19-12-9-14-15(28-11-17(24)21-14)10-16(12)29(26,27)23-7-5-22(6-8-23)18(25)13-3-1-2-4-20-13/h1-4,9-10H,5-8,11H2,(H,21,24). The number of nitrogens with one attached hydrogen (secondary N) is 1. The van der Waals surface area contributed by atoms with Crippen LogP contribution in [0.3, 0.4) is 0 Å². The second kappa shape index (κ2) is 7.62. The number of fused-ring (bicyclic) bond motifs is 1. The summed E-state index contributed by atoms with van der Waals surface area (Å²) in [5.74, 6) is -0.326. The lowest BCUT2D eigenvalue weighted by atomic mass is 10.2. The van der Waals surface area contributed by atoms with Gasteiger partial charge in [-0.3, -0.25) is 14.6 Å². The van der Waals surface area contributed by atoms with Crippen molar-refractivity contribution in [3.05, 3.63) is 47.2 Å². The minimum atomic E-state index is -3.90. The van der Waals surface area contributed by atoms with Crippen LogP contribution in [0.15, 0.2) is 41.4 Å². The maximum Gasteiger partial charge on any atom is 0.272 e. The lowest BCUT2D eigenvalue weighted by molar-refractivity contribution is -0.118. The lowest BCUT2D eigenvalue weighted by Gasteiger charge is -2.34. The third-order valence-corrected chi connectivity index (χ3v) is 7.06. The molecule has 3 heterocycles. The van der Waals surface area contributed by atoms with Gasteiger partial charge in [0, 0.05) is 38.4 Å². The third-order valence-electron chi connectivity index (χ3n) is 4.69. The number of carbonyl (C=O) groups excluding carboxylic acids is 2. The Morgan fingerprint density at radius 1 is 1.17 bits per heavy atom. The smallest absolute Gasteiger partial charge is 0.272 e. The summed E-state index contributed by atoms with van der Waals surface area (Å²) in [7, 11) is -3.90. The van der Waals surface area contributed by atoms with Gasteiger partial charge < -0.3 is 15.0 Å². The van der Waals surface area contributed by atoms with Gasteiger partial charge in [0.25, 0.3) is 11.8 Å². The van der Waals surface area contributed by atoms with Crippen LogP contribution in [0.1, 0.15) is 10.5 Å². The number of amides is 2. The molecule has 9 nitrogen and oxygen atoms in total. The van der Waals surface area contributed by atoms with Crippen molar-refractivity contribution < 1.29 is 22.7 Å². The van der Waals surface area contributed by atoms with Crippen LogP contribution in [-0.2, 0) is 14.8 Å². The number of anilines is 1. The molecule has 2 aliphatic rings. The van der Waals surface area contributed by atoms with Gasteiger partial charge >= 0.3 is 0 Å². The van der Waals surface area contributed by atoms with Crippen LogP contribution in [-0.4, -0.2) is 67.2 Å². The van der Waals surface area contributed by atoms with Crippen LogP contribution >= 0.6 is 11.6 Å². The van der Waals surface area contributed by atoms with E-state index in [1.165, 1.54) is 22.6 Å². The van der Waals surface area contributed by atoms with Crippen molar-refractivity contribution in [3.8, 4) is 5.75 Å². The fourth-order valence-electron chi connectivity index (χ4n) is 3.20. The number of rotatable bonds is 3. The summed E-state index contributed by atoms with van der Waals surface area (Å²) in [5.41, 5.74) is 0.650. The number of ether oxygens (including phenoxy) is 1. The number of nitrogens with zero attached hydrogens (tertiary/aromatic N) is 3. The first-order chi connectivity index (χ1) is 13.9. The van der Waals surface area contributed by atoms with Crippen molar-refractivity contribution >= 4 is 39.1 Å². The normalized spacial score (nSPS) is 17.3. The van der Waals surface area contributed by atoms with E-state index in [0.29, 0.717) is 11.4 Å². The highest BCUT2D eigenvalue weighted by Crippen LogP contribution is 2.37. The summed E-state index contributed by atoms with van der Waals surface area (Å²) in [5, 5.41) is 2.57. The van der Waals surface area contributed by atoms with E-state index in [2.05, 4.69) is 10.3 Å². The highest BCUT2D eigenvalue weighted by molar-refractivity contribution is 7.89. The average Bonchev–Trinajstić information content (AvgIpc) is 2.73. The van der Waals surface area contributed by atoms with Gasteiger partial charge in [0.1, 0.15) is 16.3 Å². The Morgan fingerprint density at radius 3 is 2.62 bits per heavy atom. The minimum Gasteiger partial charge on any atom is -0.482 e. The van der Waals surface area contributed by atoms with Crippen molar-refractivity contribution in [1.82, 2.24) is 14.2 Å². The summed E-state index contributed by atoms with van der Waals surface area (Å²) in [4.78, 5) is 29.4. The molecule has 152 valence electrons. The first-order valence-electron chi connectivity index (χ1n) is 8.83. The number of halogens is 1. The van der Waals surface area contributed by atoms with E-state index in [1.807, 2.05) is 0 Å². The van der Waals surface area contributed by atoms with Crippen LogP contribution < -0.4 is 10.1 Å². The van der Waals surface area contributed by atoms with Crippen LogP contribution in [0, 0.1) is 0 Å². The summed E-state index contributed by atoms with van der Waals surface area (Å²) < 4.78 is 32.8. The Morgan fingerprint density at radius 2 is 1.93 bits per heavy atom. The fourth-order valence-corrected chi connectivity index (χ4v) is 5.14. The van der Waals surface area contributed by atoms with Crippen LogP contribution in [0.2, 0.25) is 5.02 Å². The highest BCUT2D eigenvalue weighted by atomic mass is 35.5. The predicted octanol–water partition coefficient (Wildman–Crippen LogP) is 1.21. The second-order valence-corrected chi connectivity index (χ2v) is 8.84. The minimum absolute atomic E-state index is 0.0125. The van der Waals surface area contributed by atoms with Crippen LogP contribution in [0.25, 0.3) is 0 Å². The first kappa shape index (κ1) is 19.6. The van der Waals surface area contributed by atoms with Crippen molar-refractivity contribution in [2.24, 2.45) is 0 Å². The molecule has 2 aliphatic heterocycles. The number of piperazine rings is 1. The SMILES string of the molecule is O=C1COc2cc(S(=O)(=O)N3CCN(C(=O)c4ccccn4)CC3)c(Cl)cc2N1. The predicted molar refractivity (Wildman–Crippen MR) is 104 cm³/mol. The maximum atomic E-state index is 13.1. The van der Waals surface area contributed by atoms with Gasteiger partial charge in [-0.2, -0.15) is 4.31 Å². The molecular weight excluding hydrogens is 420 g/mol. The van der Waals surface area contributed by atoms with Crippen molar-refractivity contribution in [2.75, 3.05) is 38.1 Å². The van der Waals surface area contributed by atoms with Crippen molar-refractivity contribution in [3.63, 3.8) is 0 Å². The molecule has 1 aromatic carbocycles. The first-order valence-corrected chi connectivity index (χ1v) is 10.6. The van der Waals surface area contributed by atoms with E-state index in [9.17, 15) is 18.0 Å². The monoisotopic (exact) mass is 436 g/mol. The molecule has 0 aliphatic carbocycles. The van der Waals surface area contributed by atoms with Gasteiger partial charge in [-0.15, -0.1) is 0 Å². The molecule has 1 fully saturated rings. The van der Waals surface area contributed by atoms with Gasteiger partial charge in [-0.05, 0) is 18.2 Å². The Hall–Kier alpha value is -2.69. The highest BCUT2D eigenvalue weighted by Gasteiger charge is 2.33. The molecule has 4 rings (SSSR count). The molecule has 0 unspecified atom stereocenters. The van der Waals surface area contributed by atoms with Crippen molar-refractivity contribution in [2.45, 2.75) is 4.90 Å². The molecule has 1 N–H and O–H groups in total. The number of pyridine rings is 1. The molecule has 1 aromatic heterocycles. The molecule has 2 amide bonds. The summed E-state index contributed by atoms with van der Waals surface area (Å²) >= 11 is 6.19. The number of aromatic nitrogens is 1. The Kier molecular flexibility index (Phi) is 5.15. The van der Waals surface area contributed by atoms with E-state index >= 15 is 0 Å². The topological polar surface area (TPSA) is 109 Å². The van der Waals surface area contributed by atoms with Gasteiger partial charge in [-0.1, -0.05) is 17.7 Å². The van der Waals surface area contributed by atoms with E-state index in [1.54, 1.807) is 23.1 Å². The molecule has 0 radical (unpaired) electrons. The second-order valence-electron chi connectivity index (χ2n) is 6.53. The van der Waals surface area contributed by atoms with Crippen LogP contribution in [0.5, 0.6) is 5.75 Å². The van der Waals surface area contributed by atoms with E-state index in [4.69, 9.17) is 16.3 Å². The summed E-state index contributed by atoms with van der Waals surface area (Å²) in [6, 6.07) is 7.75. The van der Waals surface area contributed by atoms with Crippen LogP contribution in [0.4, 0.5) is 5.69 Å². The molecule has 0 atom stereocenters. The number of hydrogen-bond acceptors (Lipinski definition) is 6. The molecule has 0 saturated carbocycles. The molecule has 0 bridgehead atoms. The molecule has 1 saturated heterocycles. The van der Waals surface area contributed by atoms with E-state index in [0.717, 1.165) is 0 Å². The molecule has 11 heteroatoms. The van der Waals surface area contributed by atoms with Gasteiger partial charge in [0.2, 0.25) is 10.0 Å². The Balaban J connectivity index is 1.51.